The molecule has 0 amide bonds. The predicted molar refractivity (Wildman–Crippen MR) is 75.9 cm³/mol. The summed E-state index contributed by atoms with van der Waals surface area (Å²) in [6.45, 7) is 9.25. The van der Waals surface area contributed by atoms with Crippen molar-refractivity contribution in [1.29, 1.82) is 0 Å². The number of aryl methyl sites for hydroxylation is 2. The summed E-state index contributed by atoms with van der Waals surface area (Å²) in [6, 6.07) is 0. The lowest BCUT2D eigenvalue weighted by atomic mass is 9.98. The lowest BCUT2D eigenvalue weighted by molar-refractivity contribution is 0.388. The van der Waals surface area contributed by atoms with Crippen molar-refractivity contribution in [3.8, 4) is 0 Å². The Hall–Kier alpha value is -0.540. The Bertz CT molecular complexity index is 400. The molecule has 1 fully saturated rings. The first-order chi connectivity index (χ1) is 8.63. The fourth-order valence-electron chi connectivity index (χ4n) is 2.94. The van der Waals surface area contributed by atoms with Crippen LogP contribution in [0.25, 0.3) is 0 Å². The number of rotatable bonds is 5. The average molecular weight is 270 g/mol. The Balaban J connectivity index is 1.90. The fourth-order valence-corrected chi connectivity index (χ4v) is 3.14. The summed E-state index contributed by atoms with van der Waals surface area (Å²) in [6.07, 6.45) is 4.15. The zero-order valence-electron chi connectivity index (χ0n) is 11.7. The smallest absolute Gasteiger partial charge is 0.0860 e. The second-order valence-corrected chi connectivity index (χ2v) is 5.84. The van der Waals surface area contributed by atoms with Crippen LogP contribution in [0.15, 0.2) is 0 Å². The van der Waals surface area contributed by atoms with E-state index >= 15 is 0 Å². The Morgan fingerprint density at radius 1 is 1.44 bits per heavy atom. The minimum absolute atomic E-state index is 0.823. The second-order valence-electron chi connectivity index (χ2n) is 5.46. The van der Waals surface area contributed by atoms with Gasteiger partial charge in [0, 0.05) is 13.1 Å². The van der Waals surface area contributed by atoms with Gasteiger partial charge in [-0.2, -0.15) is 5.10 Å². The summed E-state index contributed by atoms with van der Waals surface area (Å²) >= 11 is 6.29. The van der Waals surface area contributed by atoms with Gasteiger partial charge in [0.15, 0.2) is 0 Å². The van der Waals surface area contributed by atoms with Crippen LogP contribution in [0.3, 0.4) is 0 Å². The maximum Gasteiger partial charge on any atom is 0.0860 e. The molecule has 102 valence electrons. The molecule has 3 nitrogen and oxygen atoms in total. The molecule has 0 radical (unpaired) electrons. The highest BCUT2D eigenvalue weighted by molar-refractivity contribution is 6.31. The van der Waals surface area contributed by atoms with Crippen molar-refractivity contribution >= 4 is 11.6 Å². The Morgan fingerprint density at radius 2 is 2.22 bits per heavy atom. The van der Waals surface area contributed by atoms with Crippen molar-refractivity contribution in [2.75, 3.05) is 6.54 Å². The molecule has 2 rings (SSSR count). The molecule has 2 atom stereocenters. The number of nitrogens with one attached hydrogen (secondary N) is 1. The molecule has 0 bridgehead atoms. The van der Waals surface area contributed by atoms with Crippen molar-refractivity contribution < 1.29 is 0 Å². The first-order valence-electron chi connectivity index (χ1n) is 7.06. The van der Waals surface area contributed by atoms with E-state index in [1.165, 1.54) is 19.3 Å². The highest BCUT2D eigenvalue weighted by Gasteiger charge is 2.23. The van der Waals surface area contributed by atoms with Gasteiger partial charge < -0.3 is 5.32 Å². The number of nitrogens with zero attached hydrogens (tertiary/aromatic N) is 2. The van der Waals surface area contributed by atoms with Crippen LogP contribution >= 0.6 is 11.6 Å². The molecule has 1 saturated carbocycles. The molecule has 1 heterocycles. The summed E-state index contributed by atoms with van der Waals surface area (Å²) in [5, 5.41) is 8.82. The summed E-state index contributed by atoms with van der Waals surface area (Å²) in [5.41, 5.74) is 2.06. The highest BCUT2D eigenvalue weighted by Crippen LogP contribution is 2.30. The average Bonchev–Trinajstić information content (AvgIpc) is 2.87. The number of aromatic nitrogens is 2. The lowest BCUT2D eigenvalue weighted by Crippen LogP contribution is -2.25. The predicted octanol–water partition coefficient (Wildman–Crippen LogP) is 3.39. The van der Waals surface area contributed by atoms with E-state index in [2.05, 4.69) is 24.3 Å². The molecule has 2 unspecified atom stereocenters. The third-order valence-corrected chi connectivity index (χ3v) is 4.68. The van der Waals surface area contributed by atoms with Crippen LogP contribution in [0.5, 0.6) is 0 Å². The van der Waals surface area contributed by atoms with Gasteiger partial charge in [-0.3, -0.25) is 4.68 Å². The van der Waals surface area contributed by atoms with Crippen LogP contribution < -0.4 is 5.32 Å². The Kier molecular flexibility index (Phi) is 4.68. The molecule has 0 aromatic carbocycles. The van der Waals surface area contributed by atoms with Gasteiger partial charge in [0.2, 0.25) is 0 Å². The maximum atomic E-state index is 6.29. The first-order valence-corrected chi connectivity index (χ1v) is 7.43. The van der Waals surface area contributed by atoms with Gasteiger partial charge in [0.25, 0.3) is 0 Å². The monoisotopic (exact) mass is 269 g/mol. The lowest BCUT2D eigenvalue weighted by Gasteiger charge is -2.16. The van der Waals surface area contributed by atoms with Crippen molar-refractivity contribution in [3.63, 3.8) is 0 Å². The Labute approximate surface area is 115 Å². The van der Waals surface area contributed by atoms with Crippen molar-refractivity contribution in [1.82, 2.24) is 15.1 Å². The minimum atomic E-state index is 0.823. The molecule has 1 aromatic heterocycles. The van der Waals surface area contributed by atoms with E-state index in [0.717, 1.165) is 47.9 Å². The third kappa shape index (κ3) is 2.89. The number of hydrogen-bond acceptors (Lipinski definition) is 2. The van der Waals surface area contributed by atoms with Crippen molar-refractivity contribution in [3.05, 3.63) is 16.4 Å². The van der Waals surface area contributed by atoms with Crippen molar-refractivity contribution in [2.45, 2.75) is 53.1 Å². The van der Waals surface area contributed by atoms with Crippen LogP contribution in [0, 0.1) is 18.8 Å². The summed E-state index contributed by atoms with van der Waals surface area (Å²) in [7, 11) is 0. The SMILES string of the molecule is CCn1nc(C)c(Cl)c1CNCC1CCCC1C. The van der Waals surface area contributed by atoms with Gasteiger partial charge in [-0.25, -0.2) is 0 Å². The van der Waals surface area contributed by atoms with E-state index < -0.39 is 0 Å². The van der Waals surface area contributed by atoms with Gasteiger partial charge in [-0.15, -0.1) is 0 Å². The molecule has 1 aromatic rings. The Morgan fingerprint density at radius 3 is 2.83 bits per heavy atom. The third-order valence-electron chi connectivity index (χ3n) is 4.19. The molecule has 18 heavy (non-hydrogen) atoms. The molecule has 1 aliphatic rings. The highest BCUT2D eigenvalue weighted by atomic mass is 35.5. The van der Waals surface area contributed by atoms with Gasteiger partial charge in [0.05, 0.1) is 16.4 Å². The topological polar surface area (TPSA) is 29.9 Å². The van der Waals surface area contributed by atoms with Gasteiger partial charge in [-0.1, -0.05) is 31.4 Å². The fraction of sp³-hybridized carbons (Fsp3) is 0.786. The molecule has 0 spiro atoms. The molecular formula is C14H24ClN3. The summed E-state index contributed by atoms with van der Waals surface area (Å²) in [4.78, 5) is 0. The summed E-state index contributed by atoms with van der Waals surface area (Å²) in [5.74, 6) is 1.70. The molecule has 1 aliphatic carbocycles. The molecular weight excluding hydrogens is 246 g/mol. The standard InChI is InChI=1S/C14H24ClN3/c1-4-18-13(14(15)11(3)17-18)9-16-8-12-7-5-6-10(12)2/h10,12,16H,4-9H2,1-3H3. The van der Waals surface area contributed by atoms with Crippen LogP contribution in [0.1, 0.15) is 44.5 Å². The van der Waals surface area contributed by atoms with Gasteiger partial charge in [0.1, 0.15) is 0 Å². The molecule has 0 aliphatic heterocycles. The van der Waals surface area contributed by atoms with E-state index in [9.17, 15) is 0 Å². The van der Waals surface area contributed by atoms with Gasteiger partial charge in [-0.05, 0) is 38.6 Å². The zero-order chi connectivity index (χ0) is 13.1. The number of halogens is 1. The number of hydrogen-bond donors (Lipinski definition) is 1. The van der Waals surface area contributed by atoms with Crippen LogP contribution in [0.2, 0.25) is 5.02 Å². The van der Waals surface area contributed by atoms with Crippen LogP contribution in [0.4, 0.5) is 0 Å². The summed E-state index contributed by atoms with van der Waals surface area (Å²) < 4.78 is 2.00. The van der Waals surface area contributed by atoms with E-state index in [-0.39, 0.29) is 0 Å². The maximum absolute atomic E-state index is 6.29. The molecule has 0 saturated heterocycles. The van der Waals surface area contributed by atoms with E-state index in [1.807, 2.05) is 11.6 Å². The second kappa shape index (κ2) is 6.07. The van der Waals surface area contributed by atoms with Crippen LogP contribution in [-0.4, -0.2) is 16.3 Å². The van der Waals surface area contributed by atoms with E-state index in [4.69, 9.17) is 11.6 Å². The molecule has 1 N–H and O–H groups in total. The van der Waals surface area contributed by atoms with E-state index in [0.29, 0.717) is 0 Å². The first kappa shape index (κ1) is 13.9. The van der Waals surface area contributed by atoms with E-state index in [1.54, 1.807) is 0 Å². The molecule has 4 heteroatoms. The van der Waals surface area contributed by atoms with Gasteiger partial charge >= 0.3 is 0 Å². The normalized spacial score (nSPS) is 23.8. The largest absolute Gasteiger partial charge is 0.311 e. The van der Waals surface area contributed by atoms with Crippen LogP contribution in [-0.2, 0) is 13.1 Å². The van der Waals surface area contributed by atoms with Crippen molar-refractivity contribution in [2.24, 2.45) is 11.8 Å². The quantitative estimate of drug-likeness (QED) is 0.888. The zero-order valence-corrected chi connectivity index (χ0v) is 12.4. The minimum Gasteiger partial charge on any atom is -0.311 e.